The molecule has 0 unspecified atom stereocenters. The van der Waals surface area contributed by atoms with Crippen molar-refractivity contribution in [3.63, 3.8) is 0 Å². The molecule has 0 heterocycles. The molecule has 0 aromatic heterocycles. The highest BCUT2D eigenvalue weighted by Gasteiger charge is 2.20. The molecule has 8 heteroatoms. The number of nitrogens with one attached hydrogen (secondary N) is 1. The van der Waals surface area contributed by atoms with Crippen molar-refractivity contribution in [2.24, 2.45) is 0 Å². The van der Waals surface area contributed by atoms with E-state index in [0.717, 1.165) is 0 Å². The highest BCUT2D eigenvalue weighted by Crippen LogP contribution is 2.17. The van der Waals surface area contributed by atoms with Crippen molar-refractivity contribution in [1.82, 2.24) is 0 Å². The monoisotopic (exact) mass is 353 g/mol. The molecule has 0 aliphatic heterocycles. The van der Waals surface area contributed by atoms with Crippen molar-refractivity contribution in [2.75, 3.05) is 5.32 Å². The Bertz CT molecular complexity index is 750. The van der Waals surface area contributed by atoms with Gasteiger partial charge in [0, 0.05) is 0 Å². The van der Waals surface area contributed by atoms with Crippen LogP contribution in [0.25, 0.3) is 0 Å². The molecule has 0 radical (unpaired) electrons. The topological polar surface area (TPSA) is 64.6 Å². The van der Waals surface area contributed by atoms with Crippen LogP contribution in [0.3, 0.4) is 0 Å². The average Bonchev–Trinajstić information content (AvgIpc) is 2.56. The van der Waals surface area contributed by atoms with Gasteiger partial charge in [-0.1, -0.05) is 12.1 Å². The van der Waals surface area contributed by atoms with Gasteiger partial charge in [0.05, 0.1) is 11.3 Å². The van der Waals surface area contributed by atoms with Gasteiger partial charge in [0.25, 0.3) is 5.91 Å². The molecule has 1 atom stereocenters. The largest absolute Gasteiger partial charge is 0.449 e. The number of anilines is 1. The maximum Gasteiger partial charge on any atom is 0.387 e. The second-order valence-corrected chi connectivity index (χ2v) is 4.92. The number of ether oxygens (including phenoxy) is 2. The summed E-state index contributed by atoms with van der Waals surface area (Å²) in [5, 5.41) is 2.30. The Labute approximate surface area is 141 Å². The number of para-hydroxylation sites is 1. The van der Waals surface area contributed by atoms with Crippen molar-refractivity contribution < 1.29 is 32.2 Å². The summed E-state index contributed by atoms with van der Waals surface area (Å²) >= 11 is 0. The van der Waals surface area contributed by atoms with Gasteiger partial charge in [-0.05, 0) is 43.3 Å². The van der Waals surface area contributed by atoms with E-state index in [2.05, 4.69) is 10.1 Å². The molecule has 132 valence electrons. The van der Waals surface area contributed by atoms with E-state index in [1.54, 1.807) is 6.07 Å². The van der Waals surface area contributed by atoms with E-state index in [0.29, 0.717) is 0 Å². The third-order valence-corrected chi connectivity index (χ3v) is 3.10. The molecular weight excluding hydrogens is 339 g/mol. The van der Waals surface area contributed by atoms with Crippen LogP contribution in [0.4, 0.5) is 18.9 Å². The molecule has 1 amide bonds. The molecule has 25 heavy (non-hydrogen) atoms. The van der Waals surface area contributed by atoms with Gasteiger partial charge in [-0.15, -0.1) is 0 Å². The van der Waals surface area contributed by atoms with Crippen molar-refractivity contribution in [1.29, 1.82) is 0 Å². The molecular formula is C17H14F3NO4. The third-order valence-electron chi connectivity index (χ3n) is 3.10. The van der Waals surface area contributed by atoms with Crippen LogP contribution in [0.2, 0.25) is 0 Å². The summed E-state index contributed by atoms with van der Waals surface area (Å²) < 4.78 is 46.7. The molecule has 0 aliphatic carbocycles. The van der Waals surface area contributed by atoms with Crippen LogP contribution in [0.5, 0.6) is 5.75 Å². The molecule has 0 spiro atoms. The van der Waals surface area contributed by atoms with Crippen LogP contribution < -0.4 is 10.1 Å². The van der Waals surface area contributed by atoms with E-state index in [1.165, 1.54) is 49.4 Å². The molecule has 0 saturated carbocycles. The fraction of sp³-hybridized carbons (Fsp3) is 0.176. The Hall–Kier alpha value is -3.03. The minimum absolute atomic E-state index is 0.0381. The molecule has 5 nitrogen and oxygen atoms in total. The second kappa shape index (κ2) is 8.18. The number of carbonyl (C=O) groups excluding carboxylic acids is 2. The van der Waals surface area contributed by atoms with E-state index >= 15 is 0 Å². The number of halogens is 3. The predicted molar refractivity (Wildman–Crippen MR) is 83.0 cm³/mol. The van der Waals surface area contributed by atoms with E-state index in [4.69, 9.17) is 4.74 Å². The number of hydrogen-bond donors (Lipinski definition) is 1. The van der Waals surface area contributed by atoms with Crippen molar-refractivity contribution in [3.05, 3.63) is 59.9 Å². The number of benzene rings is 2. The standard InChI is InChI=1S/C17H14F3NO4/c1-10(15(22)21-14-5-3-2-4-13(14)18)24-16(23)11-6-8-12(9-7-11)25-17(19)20/h2-10,17H,1H3,(H,21,22)/t10-/m1/s1. The summed E-state index contributed by atoms with van der Waals surface area (Å²) in [6.07, 6.45) is -1.19. The van der Waals surface area contributed by atoms with E-state index in [1.807, 2.05) is 0 Å². The minimum atomic E-state index is -2.97. The Morgan fingerprint density at radius 2 is 1.68 bits per heavy atom. The van der Waals surface area contributed by atoms with Crippen molar-refractivity contribution >= 4 is 17.6 Å². The molecule has 2 rings (SSSR count). The number of amides is 1. The smallest absolute Gasteiger partial charge is 0.387 e. The first kappa shape index (κ1) is 18.3. The lowest BCUT2D eigenvalue weighted by Crippen LogP contribution is -2.30. The number of esters is 1. The van der Waals surface area contributed by atoms with Crippen LogP contribution in [0.1, 0.15) is 17.3 Å². The number of carbonyl (C=O) groups is 2. The molecule has 2 aromatic carbocycles. The lowest BCUT2D eigenvalue weighted by molar-refractivity contribution is -0.123. The van der Waals surface area contributed by atoms with Gasteiger partial charge in [-0.3, -0.25) is 4.79 Å². The molecule has 1 N–H and O–H groups in total. The lowest BCUT2D eigenvalue weighted by atomic mass is 10.2. The van der Waals surface area contributed by atoms with Crippen LogP contribution in [0.15, 0.2) is 48.5 Å². The summed E-state index contributed by atoms with van der Waals surface area (Å²) in [5.74, 6) is -2.28. The molecule has 0 aliphatic rings. The summed E-state index contributed by atoms with van der Waals surface area (Å²) in [6, 6.07) is 10.3. The van der Waals surface area contributed by atoms with Crippen LogP contribution in [-0.2, 0) is 9.53 Å². The summed E-state index contributed by atoms with van der Waals surface area (Å²) in [6.45, 7) is -1.65. The maximum absolute atomic E-state index is 13.5. The Morgan fingerprint density at radius 3 is 2.28 bits per heavy atom. The third kappa shape index (κ3) is 5.23. The Morgan fingerprint density at radius 1 is 1.04 bits per heavy atom. The zero-order valence-corrected chi connectivity index (χ0v) is 13.0. The summed E-state index contributed by atoms with van der Waals surface area (Å²) in [5.41, 5.74) is 0.0102. The SMILES string of the molecule is C[C@@H](OC(=O)c1ccc(OC(F)F)cc1)C(=O)Nc1ccccc1F. The number of rotatable bonds is 6. The van der Waals surface area contributed by atoms with Gasteiger partial charge < -0.3 is 14.8 Å². The minimum Gasteiger partial charge on any atom is -0.449 e. The average molecular weight is 353 g/mol. The summed E-state index contributed by atoms with van der Waals surface area (Å²) in [4.78, 5) is 23.9. The van der Waals surface area contributed by atoms with Gasteiger partial charge in [0.1, 0.15) is 11.6 Å². The fourth-order valence-electron chi connectivity index (χ4n) is 1.85. The van der Waals surface area contributed by atoms with E-state index in [-0.39, 0.29) is 17.0 Å². The highest BCUT2D eigenvalue weighted by atomic mass is 19.3. The van der Waals surface area contributed by atoms with Gasteiger partial charge in [0.15, 0.2) is 6.10 Å². The Balaban J connectivity index is 1.95. The van der Waals surface area contributed by atoms with Gasteiger partial charge in [-0.25, -0.2) is 9.18 Å². The van der Waals surface area contributed by atoms with Crippen LogP contribution in [-0.4, -0.2) is 24.6 Å². The van der Waals surface area contributed by atoms with Gasteiger partial charge in [0.2, 0.25) is 0 Å². The normalized spacial score (nSPS) is 11.7. The van der Waals surface area contributed by atoms with Gasteiger partial charge in [-0.2, -0.15) is 8.78 Å². The quantitative estimate of drug-likeness (QED) is 0.806. The highest BCUT2D eigenvalue weighted by molar-refractivity contribution is 5.97. The summed E-state index contributed by atoms with van der Waals surface area (Å²) in [7, 11) is 0. The molecule has 0 saturated heterocycles. The fourth-order valence-corrected chi connectivity index (χ4v) is 1.85. The van der Waals surface area contributed by atoms with Crippen LogP contribution >= 0.6 is 0 Å². The van der Waals surface area contributed by atoms with Gasteiger partial charge >= 0.3 is 12.6 Å². The zero-order valence-electron chi connectivity index (χ0n) is 13.0. The predicted octanol–water partition coefficient (Wildman–Crippen LogP) is 3.61. The van der Waals surface area contributed by atoms with Crippen molar-refractivity contribution in [2.45, 2.75) is 19.6 Å². The maximum atomic E-state index is 13.5. The molecule has 0 fully saturated rings. The lowest BCUT2D eigenvalue weighted by Gasteiger charge is -2.14. The first-order valence-electron chi connectivity index (χ1n) is 7.18. The Kier molecular flexibility index (Phi) is 5.99. The zero-order chi connectivity index (χ0) is 18.4. The van der Waals surface area contributed by atoms with E-state index < -0.39 is 30.4 Å². The first-order valence-corrected chi connectivity index (χ1v) is 7.18. The first-order chi connectivity index (χ1) is 11.9. The number of alkyl halides is 2. The van der Waals surface area contributed by atoms with E-state index in [9.17, 15) is 22.8 Å². The number of hydrogen-bond acceptors (Lipinski definition) is 4. The van der Waals surface area contributed by atoms with Crippen LogP contribution in [0, 0.1) is 5.82 Å². The second-order valence-electron chi connectivity index (χ2n) is 4.92. The molecule has 2 aromatic rings. The molecule has 0 bridgehead atoms. The van der Waals surface area contributed by atoms with Crippen molar-refractivity contribution in [3.8, 4) is 5.75 Å².